The molecule has 32 heavy (non-hydrogen) atoms. The van der Waals surface area contributed by atoms with Gasteiger partial charge in [-0.05, 0) is 70.6 Å². The van der Waals surface area contributed by atoms with E-state index in [1.807, 2.05) is 6.08 Å². The van der Waals surface area contributed by atoms with Gasteiger partial charge in [-0.15, -0.1) is 6.58 Å². The fourth-order valence-corrected chi connectivity index (χ4v) is 4.28. The Kier molecular flexibility index (Phi) is 18.6. The quantitative estimate of drug-likeness (QED) is 0.128. The molecule has 0 amide bonds. The van der Waals surface area contributed by atoms with Crippen molar-refractivity contribution in [3.05, 3.63) is 12.7 Å². The second-order valence-corrected chi connectivity index (χ2v) is 8.97. The predicted molar refractivity (Wildman–Crippen MR) is 124 cm³/mol. The third kappa shape index (κ3) is 18.8. The molecule has 0 aromatic carbocycles. The zero-order valence-corrected chi connectivity index (χ0v) is 19.9. The zero-order chi connectivity index (χ0) is 24.1. The third-order valence-corrected chi connectivity index (χ3v) is 6.10. The summed E-state index contributed by atoms with van der Waals surface area (Å²) in [6.45, 7) is 7.32. The molecule has 0 rings (SSSR count). The zero-order valence-electron chi connectivity index (χ0n) is 19.9. The molecule has 0 aromatic rings. The first-order chi connectivity index (χ1) is 15.3. The van der Waals surface area contributed by atoms with E-state index in [0.717, 1.165) is 69.2 Å². The highest BCUT2D eigenvalue weighted by atomic mass is 16.4. The molecular weight excluding hydrogens is 410 g/mol. The number of carboxylic acid groups (broad SMARTS) is 3. The van der Waals surface area contributed by atoms with E-state index < -0.39 is 17.9 Å². The number of allylic oxidation sites excluding steroid dienone is 1. The van der Waals surface area contributed by atoms with Crippen molar-refractivity contribution in [3.63, 3.8) is 0 Å². The summed E-state index contributed by atoms with van der Waals surface area (Å²) in [5.74, 6) is -2.59. The molecule has 0 saturated heterocycles. The number of hydrogen-bond acceptors (Lipinski definition) is 4. The highest BCUT2D eigenvalue weighted by Gasteiger charge is 2.26. The number of unbranched alkanes of at least 4 members (excludes halogenated alkanes) is 9. The monoisotopic (exact) mass is 455 g/mol. The van der Waals surface area contributed by atoms with Crippen LogP contribution in [0.5, 0.6) is 0 Å². The van der Waals surface area contributed by atoms with Crippen LogP contribution in [0.3, 0.4) is 0 Å². The van der Waals surface area contributed by atoms with Crippen molar-refractivity contribution in [2.24, 2.45) is 0 Å². The maximum atomic E-state index is 10.9. The second-order valence-electron chi connectivity index (χ2n) is 8.97. The van der Waals surface area contributed by atoms with Crippen LogP contribution in [-0.2, 0) is 14.4 Å². The fourth-order valence-electron chi connectivity index (χ4n) is 4.28. The van der Waals surface area contributed by atoms with E-state index >= 15 is 0 Å². The Morgan fingerprint density at radius 3 is 1.41 bits per heavy atom. The topological polar surface area (TPSA) is 115 Å². The minimum Gasteiger partial charge on any atom is -0.550 e. The van der Waals surface area contributed by atoms with Crippen LogP contribution >= 0.6 is 0 Å². The molecule has 0 heterocycles. The normalized spacial score (nSPS) is 11.4. The maximum absolute atomic E-state index is 10.9. The van der Waals surface area contributed by atoms with Crippen molar-refractivity contribution < 1.29 is 34.2 Å². The van der Waals surface area contributed by atoms with E-state index in [2.05, 4.69) is 6.58 Å². The SMILES string of the molecule is C=CCCCCCCCC[N+](CCCCC(=O)[O-])(CCCCC(=O)O)CCCCC(=O)O. The maximum Gasteiger partial charge on any atom is 0.303 e. The van der Waals surface area contributed by atoms with Gasteiger partial charge in [0.25, 0.3) is 0 Å². The van der Waals surface area contributed by atoms with Gasteiger partial charge in [0, 0.05) is 18.8 Å². The van der Waals surface area contributed by atoms with Crippen LogP contribution in [0.4, 0.5) is 0 Å². The first-order valence-corrected chi connectivity index (χ1v) is 12.4. The highest BCUT2D eigenvalue weighted by molar-refractivity contribution is 5.66. The molecule has 0 bridgehead atoms. The number of nitrogens with zero attached hydrogens (tertiary/aromatic N) is 1. The van der Waals surface area contributed by atoms with Crippen LogP contribution in [-0.4, -0.2) is 58.8 Å². The summed E-state index contributed by atoms with van der Waals surface area (Å²) >= 11 is 0. The second kappa shape index (κ2) is 19.8. The molecule has 0 spiro atoms. The van der Waals surface area contributed by atoms with E-state index in [0.29, 0.717) is 19.3 Å². The van der Waals surface area contributed by atoms with Crippen LogP contribution in [0.15, 0.2) is 12.7 Å². The minimum atomic E-state index is -1.03. The van der Waals surface area contributed by atoms with Crippen molar-refractivity contribution >= 4 is 17.9 Å². The van der Waals surface area contributed by atoms with Crippen LogP contribution in [0, 0.1) is 0 Å². The van der Waals surface area contributed by atoms with Gasteiger partial charge in [0.2, 0.25) is 0 Å². The van der Waals surface area contributed by atoms with Gasteiger partial charge in [0.15, 0.2) is 0 Å². The lowest BCUT2D eigenvalue weighted by molar-refractivity contribution is -0.929. The summed E-state index contributed by atoms with van der Waals surface area (Å²) in [6, 6.07) is 0. The number of aliphatic carboxylic acids is 3. The van der Waals surface area contributed by atoms with Gasteiger partial charge in [-0.25, -0.2) is 0 Å². The summed E-state index contributed by atoms with van der Waals surface area (Å²) in [5.41, 5.74) is 0. The third-order valence-electron chi connectivity index (χ3n) is 6.10. The molecule has 0 aliphatic heterocycles. The van der Waals surface area contributed by atoms with Crippen LogP contribution in [0.1, 0.15) is 103 Å². The summed E-state index contributed by atoms with van der Waals surface area (Å²) in [5, 5.41) is 28.7. The molecule has 7 nitrogen and oxygen atoms in total. The van der Waals surface area contributed by atoms with E-state index in [1.165, 1.54) is 25.7 Å². The van der Waals surface area contributed by atoms with Crippen molar-refractivity contribution in [1.82, 2.24) is 0 Å². The Morgan fingerprint density at radius 2 is 1.00 bits per heavy atom. The largest absolute Gasteiger partial charge is 0.550 e. The van der Waals surface area contributed by atoms with Gasteiger partial charge in [-0.1, -0.05) is 25.3 Å². The molecule has 0 fully saturated rings. The molecule has 0 aliphatic carbocycles. The van der Waals surface area contributed by atoms with Gasteiger partial charge in [0.05, 0.1) is 26.2 Å². The van der Waals surface area contributed by atoms with Crippen molar-refractivity contribution in [1.29, 1.82) is 0 Å². The summed E-state index contributed by atoms with van der Waals surface area (Å²) in [7, 11) is 0. The van der Waals surface area contributed by atoms with E-state index in [4.69, 9.17) is 10.2 Å². The Labute approximate surface area is 194 Å². The first-order valence-electron chi connectivity index (χ1n) is 12.4. The van der Waals surface area contributed by atoms with Crippen LogP contribution < -0.4 is 5.11 Å². The number of hydrogen-bond donors (Lipinski definition) is 2. The van der Waals surface area contributed by atoms with Crippen molar-refractivity contribution in [3.8, 4) is 0 Å². The van der Waals surface area contributed by atoms with E-state index in [1.54, 1.807) is 0 Å². The number of quaternary nitrogens is 1. The average molecular weight is 456 g/mol. The molecular formula is C25H45NO6. The smallest absolute Gasteiger partial charge is 0.303 e. The Morgan fingerprint density at radius 1 is 0.625 bits per heavy atom. The van der Waals surface area contributed by atoms with Gasteiger partial charge >= 0.3 is 11.9 Å². The molecule has 0 saturated carbocycles. The molecule has 0 radical (unpaired) electrons. The number of rotatable bonds is 24. The molecule has 0 aliphatic rings. The summed E-state index contributed by atoms with van der Waals surface area (Å²) < 4.78 is 0.836. The van der Waals surface area contributed by atoms with Gasteiger partial charge in [0.1, 0.15) is 0 Å². The standard InChI is InChI=1S/C25H45NO6/c1-2-3-4-5-6-7-8-12-19-26(20-13-9-16-23(27)28,21-14-10-17-24(29)30)22-15-11-18-25(31)32/h2H,1,3-22H2,(H2-,27,28,29,30,31,32). The van der Waals surface area contributed by atoms with E-state index in [9.17, 15) is 19.5 Å². The lowest BCUT2D eigenvalue weighted by atomic mass is 10.1. The molecule has 186 valence electrons. The lowest BCUT2D eigenvalue weighted by Gasteiger charge is -2.39. The van der Waals surface area contributed by atoms with Gasteiger partial charge < -0.3 is 24.6 Å². The van der Waals surface area contributed by atoms with Crippen LogP contribution in [0.25, 0.3) is 0 Å². The number of carbonyl (C=O) groups is 3. The molecule has 2 N–H and O–H groups in total. The highest BCUT2D eigenvalue weighted by Crippen LogP contribution is 2.19. The Hall–Kier alpha value is -1.89. The minimum absolute atomic E-state index is 0.0583. The van der Waals surface area contributed by atoms with Crippen molar-refractivity contribution in [2.75, 3.05) is 26.2 Å². The lowest BCUT2D eigenvalue weighted by Crippen LogP contribution is -2.51. The summed E-state index contributed by atoms with van der Waals surface area (Å²) in [4.78, 5) is 32.5. The first kappa shape index (κ1) is 30.1. The molecule has 0 aromatic heterocycles. The number of carbonyl (C=O) groups excluding carboxylic acids is 1. The van der Waals surface area contributed by atoms with Gasteiger partial charge in [-0.3, -0.25) is 9.59 Å². The Balaban J connectivity index is 4.83. The Bertz CT molecular complexity index is 479. The van der Waals surface area contributed by atoms with Crippen LogP contribution in [0.2, 0.25) is 0 Å². The van der Waals surface area contributed by atoms with Crippen molar-refractivity contribution in [2.45, 2.75) is 103 Å². The average Bonchev–Trinajstić information content (AvgIpc) is 2.73. The predicted octanol–water partition coefficient (Wildman–Crippen LogP) is 4.15. The van der Waals surface area contributed by atoms with E-state index in [-0.39, 0.29) is 19.3 Å². The fraction of sp³-hybridized carbons (Fsp3) is 0.800. The molecule has 0 atom stereocenters. The summed E-state index contributed by atoms with van der Waals surface area (Å²) in [6.07, 6.45) is 14.7. The van der Waals surface area contributed by atoms with Gasteiger partial charge in [-0.2, -0.15) is 0 Å². The molecule has 0 unspecified atom stereocenters. The molecule has 7 heteroatoms. The number of carboxylic acids is 3.